The smallest absolute Gasteiger partial charge is 0.268 e. The molecule has 0 saturated heterocycles. The summed E-state index contributed by atoms with van der Waals surface area (Å²) in [4.78, 5) is 25.5. The summed E-state index contributed by atoms with van der Waals surface area (Å²) in [7, 11) is 1.27. The third-order valence-corrected chi connectivity index (χ3v) is 15.6. The van der Waals surface area contributed by atoms with Gasteiger partial charge in [0.25, 0.3) is 7.82 Å². The number of rotatable bonds is 59. The molecule has 0 heterocycles. The Morgan fingerprint density at radius 3 is 1.16 bits per heavy atom. The number of amides is 1. The van der Waals surface area contributed by atoms with Crippen LogP contribution in [0.25, 0.3) is 0 Å². The van der Waals surface area contributed by atoms with Gasteiger partial charge in [-0.1, -0.05) is 294 Å². The van der Waals surface area contributed by atoms with Crippen LogP contribution in [-0.4, -0.2) is 68.5 Å². The van der Waals surface area contributed by atoms with Crippen molar-refractivity contribution >= 4 is 13.7 Å². The molecule has 0 aromatic rings. The van der Waals surface area contributed by atoms with Crippen molar-refractivity contribution in [2.24, 2.45) is 0 Å². The number of likely N-dealkylation sites (N-methyl/N-ethyl adjacent to an activating group) is 1. The molecule has 3 atom stereocenters. The van der Waals surface area contributed by atoms with E-state index in [2.05, 4.69) is 43.5 Å². The Morgan fingerprint density at radius 2 is 0.795 bits per heavy atom. The molecular weight excluding hydrogens is 924 g/mol. The van der Waals surface area contributed by atoms with E-state index in [1.807, 2.05) is 27.2 Å². The largest absolute Gasteiger partial charge is 0.756 e. The van der Waals surface area contributed by atoms with E-state index in [1.54, 1.807) is 6.08 Å². The zero-order valence-corrected chi connectivity index (χ0v) is 50.3. The van der Waals surface area contributed by atoms with E-state index in [0.29, 0.717) is 17.4 Å². The van der Waals surface area contributed by atoms with Crippen molar-refractivity contribution in [2.75, 3.05) is 40.9 Å². The third kappa shape index (κ3) is 58.2. The molecule has 0 aromatic carbocycles. The lowest BCUT2D eigenvalue weighted by molar-refractivity contribution is -0.870. The summed E-state index contributed by atoms with van der Waals surface area (Å²) in [5.74, 6) is -0.198. The van der Waals surface area contributed by atoms with Crippen molar-refractivity contribution in [3.63, 3.8) is 0 Å². The van der Waals surface area contributed by atoms with Gasteiger partial charge in [-0.25, -0.2) is 0 Å². The number of phosphoric acid groups is 1. The molecule has 0 aliphatic heterocycles. The molecule has 1 amide bonds. The molecule has 0 fully saturated rings. The van der Waals surface area contributed by atoms with E-state index in [1.165, 1.54) is 250 Å². The number of phosphoric ester groups is 1. The van der Waals surface area contributed by atoms with Gasteiger partial charge < -0.3 is 28.8 Å². The maximum Gasteiger partial charge on any atom is 0.268 e. The van der Waals surface area contributed by atoms with E-state index in [0.717, 1.165) is 44.9 Å². The lowest BCUT2D eigenvalue weighted by Gasteiger charge is -2.29. The van der Waals surface area contributed by atoms with Crippen molar-refractivity contribution in [1.82, 2.24) is 5.32 Å². The van der Waals surface area contributed by atoms with Gasteiger partial charge in [-0.15, -0.1) is 0 Å². The highest BCUT2D eigenvalue weighted by Crippen LogP contribution is 2.38. The van der Waals surface area contributed by atoms with Crippen molar-refractivity contribution in [3.8, 4) is 0 Å². The number of nitrogens with zero attached hydrogens (tertiary/aromatic N) is 1. The Hall–Kier alpha value is -1.28. The van der Waals surface area contributed by atoms with E-state index in [4.69, 9.17) is 9.05 Å². The molecule has 2 N–H and O–H groups in total. The van der Waals surface area contributed by atoms with Crippen LogP contribution in [0.4, 0.5) is 0 Å². The Balaban J connectivity index is 4.07. The van der Waals surface area contributed by atoms with E-state index in [9.17, 15) is 19.4 Å². The van der Waals surface area contributed by atoms with E-state index < -0.39 is 20.0 Å². The van der Waals surface area contributed by atoms with E-state index in [-0.39, 0.29) is 19.1 Å². The lowest BCUT2D eigenvalue weighted by atomic mass is 10.0. The molecule has 0 saturated carbocycles. The first-order chi connectivity index (χ1) is 35.5. The van der Waals surface area contributed by atoms with Crippen molar-refractivity contribution < 1.29 is 32.9 Å². The fourth-order valence-electron chi connectivity index (χ4n) is 9.60. The Kier molecular flexibility index (Phi) is 54.5. The van der Waals surface area contributed by atoms with Gasteiger partial charge in [-0.2, -0.15) is 0 Å². The second-order valence-corrected chi connectivity index (χ2v) is 24.5. The minimum absolute atomic E-state index is 0.00136. The van der Waals surface area contributed by atoms with Gasteiger partial charge in [-0.3, -0.25) is 9.36 Å². The van der Waals surface area contributed by atoms with Gasteiger partial charge in [0.05, 0.1) is 39.9 Å². The Labute approximate surface area is 455 Å². The fraction of sp³-hybridized carbons (Fsp3) is 0.891. The quantitative estimate of drug-likeness (QED) is 0.0272. The SMILES string of the molecule is CCCCC/C=C\C/C=C\CCCCCCCCCCCC(=O)NC(COP(=O)([O-])OCC[N+](C)(C)C)C(O)/C=C/CCCCCCCCCCCCCCCCCCCCCCCCCCCCCCCC. The Bertz CT molecular complexity index is 1280. The van der Waals surface area contributed by atoms with Crippen LogP contribution in [0.1, 0.15) is 316 Å². The predicted molar refractivity (Wildman–Crippen MR) is 316 cm³/mol. The monoisotopic (exact) mass is 1050 g/mol. The number of carbonyl (C=O) groups excluding carboxylic acids is 1. The summed E-state index contributed by atoms with van der Waals surface area (Å²) in [6.07, 6.45) is 72.4. The van der Waals surface area contributed by atoms with Gasteiger partial charge >= 0.3 is 0 Å². The molecule has 432 valence electrons. The van der Waals surface area contributed by atoms with Crippen LogP contribution in [0.3, 0.4) is 0 Å². The molecule has 8 nitrogen and oxygen atoms in total. The summed E-state index contributed by atoms with van der Waals surface area (Å²) in [5.41, 5.74) is 0. The number of unbranched alkanes of at least 4 members (excludes halogenated alkanes) is 42. The summed E-state index contributed by atoms with van der Waals surface area (Å²) in [5, 5.41) is 13.9. The van der Waals surface area contributed by atoms with Gasteiger partial charge in [0.15, 0.2) is 0 Å². The molecule has 0 aromatic heterocycles. The van der Waals surface area contributed by atoms with Crippen molar-refractivity contribution in [2.45, 2.75) is 328 Å². The van der Waals surface area contributed by atoms with Crippen LogP contribution < -0.4 is 10.2 Å². The molecule has 0 spiro atoms. The van der Waals surface area contributed by atoms with Crippen LogP contribution in [0.15, 0.2) is 36.5 Å². The number of aliphatic hydroxyl groups excluding tert-OH is 1. The van der Waals surface area contributed by atoms with E-state index >= 15 is 0 Å². The standard InChI is InChI=1S/C64H125N2O6P/c1-6-8-10-12-14-16-18-20-22-24-26-27-28-29-30-31-32-33-34-35-36-37-38-40-41-43-45-47-49-51-53-55-57-63(67)62(61-72-73(69,70)71-60-59-66(3,4)5)65-64(68)58-56-54-52-50-48-46-44-42-39-25-23-21-19-17-15-13-11-9-7-2/h15,17,21,23,55,57,62-63,67H,6-14,16,18-20,22,24-54,56,58-61H2,1-5H3,(H-,65,68,69,70)/b17-15-,23-21-,57-55+. The first-order valence-electron chi connectivity index (χ1n) is 31.9. The summed E-state index contributed by atoms with van der Waals surface area (Å²) in [6.45, 7) is 4.66. The number of quaternary nitrogens is 1. The maximum absolute atomic E-state index is 13.0. The highest BCUT2D eigenvalue weighted by molar-refractivity contribution is 7.45. The topological polar surface area (TPSA) is 108 Å². The minimum Gasteiger partial charge on any atom is -0.756 e. The number of aliphatic hydroxyl groups is 1. The second kappa shape index (κ2) is 55.5. The number of hydrogen-bond donors (Lipinski definition) is 2. The zero-order chi connectivity index (χ0) is 53.5. The molecular formula is C64H125N2O6P. The first-order valence-corrected chi connectivity index (χ1v) is 33.3. The minimum atomic E-state index is -4.60. The fourth-order valence-corrected chi connectivity index (χ4v) is 10.3. The van der Waals surface area contributed by atoms with Gasteiger partial charge in [0.1, 0.15) is 13.2 Å². The van der Waals surface area contributed by atoms with Gasteiger partial charge in [0.2, 0.25) is 5.91 Å². The van der Waals surface area contributed by atoms with Crippen LogP contribution in [0.5, 0.6) is 0 Å². The number of allylic oxidation sites excluding steroid dienone is 5. The molecule has 0 radical (unpaired) electrons. The van der Waals surface area contributed by atoms with Crippen LogP contribution in [-0.2, 0) is 18.4 Å². The number of carbonyl (C=O) groups is 1. The molecule has 9 heteroatoms. The summed E-state index contributed by atoms with van der Waals surface area (Å²) >= 11 is 0. The maximum atomic E-state index is 13.0. The van der Waals surface area contributed by atoms with Crippen LogP contribution in [0, 0.1) is 0 Å². The molecule has 73 heavy (non-hydrogen) atoms. The van der Waals surface area contributed by atoms with Gasteiger partial charge in [-0.05, 0) is 51.4 Å². The lowest BCUT2D eigenvalue weighted by Crippen LogP contribution is -2.45. The summed E-state index contributed by atoms with van der Waals surface area (Å²) < 4.78 is 23.4. The van der Waals surface area contributed by atoms with Crippen LogP contribution in [0.2, 0.25) is 0 Å². The first kappa shape index (κ1) is 71.7. The molecule has 0 bridgehead atoms. The average Bonchev–Trinajstić information content (AvgIpc) is 3.35. The van der Waals surface area contributed by atoms with Crippen LogP contribution >= 0.6 is 7.82 Å². The Morgan fingerprint density at radius 1 is 0.479 bits per heavy atom. The molecule has 0 rings (SSSR count). The highest BCUT2D eigenvalue weighted by Gasteiger charge is 2.23. The highest BCUT2D eigenvalue weighted by atomic mass is 31.2. The average molecular weight is 1050 g/mol. The number of hydrogen-bond acceptors (Lipinski definition) is 6. The predicted octanol–water partition coefficient (Wildman–Crippen LogP) is 19.1. The zero-order valence-electron chi connectivity index (χ0n) is 49.4. The summed E-state index contributed by atoms with van der Waals surface area (Å²) in [6, 6.07) is -0.890. The molecule has 0 aliphatic carbocycles. The molecule has 0 aliphatic rings. The normalized spacial score (nSPS) is 14.0. The number of nitrogens with one attached hydrogen (secondary N) is 1. The third-order valence-electron chi connectivity index (χ3n) is 14.6. The van der Waals surface area contributed by atoms with Crippen molar-refractivity contribution in [1.29, 1.82) is 0 Å². The van der Waals surface area contributed by atoms with Gasteiger partial charge in [0, 0.05) is 6.42 Å². The second-order valence-electron chi connectivity index (χ2n) is 23.1. The molecule has 3 unspecified atom stereocenters. The van der Waals surface area contributed by atoms with Crippen molar-refractivity contribution in [3.05, 3.63) is 36.5 Å².